The molecule has 0 aromatic heterocycles. The van der Waals surface area contributed by atoms with E-state index in [0.29, 0.717) is 11.1 Å². The van der Waals surface area contributed by atoms with Crippen molar-refractivity contribution in [2.45, 2.75) is 32.3 Å². The summed E-state index contributed by atoms with van der Waals surface area (Å²) in [6.07, 6.45) is 3.64. The minimum atomic E-state index is 0.307. The zero-order chi connectivity index (χ0) is 14.5. The SMILES string of the molecule is CCCOC1CCCN(c2cc(Br)ccc2C(N)=S)C1. The topological polar surface area (TPSA) is 38.5 Å². The lowest BCUT2D eigenvalue weighted by molar-refractivity contribution is 0.0440. The van der Waals surface area contributed by atoms with Crippen LogP contribution in [-0.2, 0) is 4.74 Å². The number of thiocarbonyl (C=S) groups is 1. The number of nitrogens with two attached hydrogens (primary N) is 1. The minimum Gasteiger partial charge on any atom is -0.389 e. The van der Waals surface area contributed by atoms with Gasteiger partial charge in [0.1, 0.15) is 4.99 Å². The molecule has 1 atom stereocenters. The molecule has 0 spiro atoms. The van der Waals surface area contributed by atoms with Gasteiger partial charge in [0, 0.05) is 35.4 Å². The summed E-state index contributed by atoms with van der Waals surface area (Å²) in [5.41, 5.74) is 7.90. The molecule has 1 aliphatic heterocycles. The molecule has 2 N–H and O–H groups in total. The number of hydrogen-bond acceptors (Lipinski definition) is 3. The molecule has 1 unspecified atom stereocenters. The van der Waals surface area contributed by atoms with Crippen LogP contribution in [0.5, 0.6) is 0 Å². The van der Waals surface area contributed by atoms with Crippen molar-refractivity contribution < 1.29 is 4.74 Å². The first-order valence-corrected chi connectivity index (χ1v) is 8.28. The Labute approximate surface area is 134 Å². The number of benzene rings is 1. The standard InChI is InChI=1S/C15H21BrN2OS/c1-2-8-19-12-4-3-7-18(10-12)14-9-11(16)5-6-13(14)15(17)20/h5-6,9,12H,2-4,7-8,10H2,1H3,(H2,17,20). The summed E-state index contributed by atoms with van der Waals surface area (Å²) in [6.45, 7) is 4.91. The summed E-state index contributed by atoms with van der Waals surface area (Å²) in [5.74, 6) is 0. The predicted molar refractivity (Wildman–Crippen MR) is 91.5 cm³/mol. The maximum Gasteiger partial charge on any atom is 0.106 e. The van der Waals surface area contributed by atoms with Gasteiger partial charge in [-0.05, 0) is 37.5 Å². The van der Waals surface area contributed by atoms with E-state index < -0.39 is 0 Å². The van der Waals surface area contributed by atoms with E-state index in [0.717, 1.165) is 54.7 Å². The van der Waals surface area contributed by atoms with Gasteiger partial charge in [-0.1, -0.05) is 35.1 Å². The number of ether oxygens (including phenoxy) is 1. The number of rotatable bonds is 5. The zero-order valence-corrected chi connectivity index (χ0v) is 14.2. The Kier molecular flexibility index (Phi) is 5.81. The highest BCUT2D eigenvalue weighted by Crippen LogP contribution is 2.28. The molecule has 1 saturated heterocycles. The van der Waals surface area contributed by atoms with Crippen molar-refractivity contribution in [3.05, 3.63) is 28.2 Å². The summed E-state index contributed by atoms with van der Waals surface area (Å²) >= 11 is 8.69. The molecular weight excluding hydrogens is 336 g/mol. The first-order chi connectivity index (χ1) is 9.61. The lowest BCUT2D eigenvalue weighted by Gasteiger charge is -2.35. The van der Waals surface area contributed by atoms with Crippen molar-refractivity contribution >= 4 is 38.8 Å². The van der Waals surface area contributed by atoms with Crippen LogP contribution in [0.25, 0.3) is 0 Å². The second-order valence-electron chi connectivity index (χ2n) is 5.11. The number of nitrogens with zero attached hydrogens (tertiary/aromatic N) is 1. The fourth-order valence-electron chi connectivity index (χ4n) is 2.55. The summed E-state index contributed by atoms with van der Waals surface area (Å²) < 4.78 is 6.94. The molecule has 0 aliphatic carbocycles. The van der Waals surface area contributed by atoms with Crippen molar-refractivity contribution in [2.24, 2.45) is 5.73 Å². The second kappa shape index (κ2) is 7.38. The van der Waals surface area contributed by atoms with E-state index in [9.17, 15) is 0 Å². The first kappa shape index (κ1) is 15.7. The van der Waals surface area contributed by atoms with Crippen molar-refractivity contribution in [3.8, 4) is 0 Å². The molecular formula is C15H21BrN2OS. The Hall–Kier alpha value is -0.650. The maximum atomic E-state index is 5.90. The minimum absolute atomic E-state index is 0.307. The monoisotopic (exact) mass is 356 g/mol. The zero-order valence-electron chi connectivity index (χ0n) is 11.8. The van der Waals surface area contributed by atoms with E-state index in [2.05, 4.69) is 33.8 Å². The maximum absolute atomic E-state index is 5.90. The molecule has 1 aromatic carbocycles. The van der Waals surface area contributed by atoms with E-state index in [4.69, 9.17) is 22.7 Å². The number of halogens is 1. The Morgan fingerprint density at radius 2 is 2.35 bits per heavy atom. The van der Waals surface area contributed by atoms with Gasteiger partial charge in [0.05, 0.1) is 6.10 Å². The predicted octanol–water partition coefficient (Wildman–Crippen LogP) is 3.48. The van der Waals surface area contributed by atoms with Gasteiger partial charge in [0.15, 0.2) is 0 Å². The molecule has 110 valence electrons. The lowest BCUT2D eigenvalue weighted by Crippen LogP contribution is -2.40. The highest BCUT2D eigenvalue weighted by atomic mass is 79.9. The lowest BCUT2D eigenvalue weighted by atomic mass is 10.0. The van der Waals surface area contributed by atoms with Gasteiger partial charge in [-0.15, -0.1) is 0 Å². The number of anilines is 1. The summed E-state index contributed by atoms with van der Waals surface area (Å²) in [7, 11) is 0. The van der Waals surface area contributed by atoms with Crippen LogP contribution >= 0.6 is 28.1 Å². The molecule has 2 rings (SSSR count). The molecule has 1 heterocycles. The van der Waals surface area contributed by atoms with Gasteiger partial charge >= 0.3 is 0 Å². The third kappa shape index (κ3) is 3.93. The number of hydrogen-bond donors (Lipinski definition) is 1. The quantitative estimate of drug-likeness (QED) is 0.819. The molecule has 3 nitrogen and oxygen atoms in total. The van der Waals surface area contributed by atoms with Crippen LogP contribution in [0, 0.1) is 0 Å². The molecule has 0 radical (unpaired) electrons. The molecule has 1 aliphatic rings. The molecule has 1 aromatic rings. The third-order valence-electron chi connectivity index (χ3n) is 3.50. The van der Waals surface area contributed by atoms with Gasteiger partial charge in [-0.2, -0.15) is 0 Å². The van der Waals surface area contributed by atoms with E-state index in [-0.39, 0.29) is 0 Å². The normalized spacial score (nSPS) is 19.1. The molecule has 20 heavy (non-hydrogen) atoms. The highest BCUT2D eigenvalue weighted by Gasteiger charge is 2.22. The van der Waals surface area contributed by atoms with Crippen LogP contribution in [0.3, 0.4) is 0 Å². The van der Waals surface area contributed by atoms with Crippen LogP contribution in [0.15, 0.2) is 22.7 Å². The van der Waals surface area contributed by atoms with Crippen molar-refractivity contribution in [1.29, 1.82) is 0 Å². The van der Waals surface area contributed by atoms with E-state index >= 15 is 0 Å². The van der Waals surface area contributed by atoms with Crippen LogP contribution in [-0.4, -0.2) is 30.8 Å². The van der Waals surface area contributed by atoms with Gasteiger partial charge < -0.3 is 15.4 Å². The largest absolute Gasteiger partial charge is 0.389 e. The fraction of sp³-hybridized carbons (Fsp3) is 0.533. The van der Waals surface area contributed by atoms with Crippen molar-refractivity contribution in [1.82, 2.24) is 0 Å². The molecule has 0 bridgehead atoms. The van der Waals surface area contributed by atoms with Gasteiger partial charge in [0.25, 0.3) is 0 Å². The van der Waals surface area contributed by atoms with E-state index in [1.807, 2.05) is 12.1 Å². The van der Waals surface area contributed by atoms with Crippen LogP contribution < -0.4 is 10.6 Å². The molecule has 0 saturated carbocycles. The van der Waals surface area contributed by atoms with E-state index in [1.165, 1.54) is 0 Å². The molecule has 5 heteroatoms. The van der Waals surface area contributed by atoms with Crippen LogP contribution in [0.4, 0.5) is 5.69 Å². The Morgan fingerprint density at radius 3 is 3.05 bits per heavy atom. The summed E-state index contributed by atoms with van der Waals surface area (Å²) in [6, 6.07) is 6.06. The first-order valence-electron chi connectivity index (χ1n) is 7.07. The Morgan fingerprint density at radius 1 is 1.55 bits per heavy atom. The smallest absolute Gasteiger partial charge is 0.106 e. The van der Waals surface area contributed by atoms with Crippen LogP contribution in [0.1, 0.15) is 31.7 Å². The molecule has 1 fully saturated rings. The van der Waals surface area contributed by atoms with Crippen molar-refractivity contribution in [2.75, 3.05) is 24.6 Å². The van der Waals surface area contributed by atoms with Gasteiger partial charge in [-0.25, -0.2) is 0 Å². The number of piperidine rings is 1. The second-order valence-corrected chi connectivity index (χ2v) is 6.46. The van der Waals surface area contributed by atoms with E-state index in [1.54, 1.807) is 0 Å². The summed E-state index contributed by atoms with van der Waals surface area (Å²) in [4.78, 5) is 2.78. The molecule has 0 amide bonds. The summed E-state index contributed by atoms with van der Waals surface area (Å²) in [5, 5.41) is 0. The average Bonchev–Trinajstić information content (AvgIpc) is 2.45. The average molecular weight is 357 g/mol. The van der Waals surface area contributed by atoms with Crippen molar-refractivity contribution in [3.63, 3.8) is 0 Å². The van der Waals surface area contributed by atoms with Gasteiger partial charge in [-0.3, -0.25) is 0 Å². The Balaban J connectivity index is 2.17. The Bertz CT molecular complexity index is 481. The third-order valence-corrected chi connectivity index (χ3v) is 4.21. The fourth-order valence-corrected chi connectivity index (χ4v) is 3.07. The van der Waals surface area contributed by atoms with Crippen LogP contribution in [0.2, 0.25) is 0 Å². The van der Waals surface area contributed by atoms with Gasteiger partial charge in [0.2, 0.25) is 0 Å². The highest BCUT2D eigenvalue weighted by molar-refractivity contribution is 9.10.